The van der Waals surface area contributed by atoms with E-state index < -0.39 is 11.6 Å². The van der Waals surface area contributed by atoms with Crippen LogP contribution in [0.5, 0.6) is 0 Å². The summed E-state index contributed by atoms with van der Waals surface area (Å²) in [7, 11) is 0. The van der Waals surface area contributed by atoms with E-state index in [1.165, 1.54) is 0 Å². The van der Waals surface area contributed by atoms with E-state index in [2.05, 4.69) is 0 Å². The first-order valence-corrected chi connectivity index (χ1v) is 5.47. The maximum atomic E-state index is 10.8. The van der Waals surface area contributed by atoms with Crippen LogP contribution in [0.15, 0.2) is 0 Å². The Kier molecular flexibility index (Phi) is 4.11. The number of carbonyl (C=O) groups is 1. The third kappa shape index (κ3) is 3.80. The Bertz CT molecular complexity index is 225. The van der Waals surface area contributed by atoms with E-state index in [0.29, 0.717) is 12.5 Å². The highest BCUT2D eigenvalue weighted by molar-refractivity contribution is 5.76. The Hall–Kier alpha value is -0.610. The molecule has 1 aliphatic rings. The molecule has 2 N–H and O–H groups in total. The van der Waals surface area contributed by atoms with Gasteiger partial charge in [-0.2, -0.15) is 0 Å². The molecular weight excluding hydrogens is 196 g/mol. The van der Waals surface area contributed by atoms with Gasteiger partial charge in [-0.05, 0) is 39.0 Å². The number of rotatable bonds is 4. The molecule has 1 saturated carbocycles. The van der Waals surface area contributed by atoms with Gasteiger partial charge >= 0.3 is 5.97 Å². The minimum absolute atomic E-state index is 0.236. The molecule has 2 atom stereocenters. The first-order valence-electron chi connectivity index (χ1n) is 5.47. The van der Waals surface area contributed by atoms with Crippen molar-refractivity contribution < 1.29 is 19.7 Å². The SMILES string of the molecule is CC(C)(OC[C@H]1CCC[C@@H](O)C1)C(=O)O. The van der Waals surface area contributed by atoms with Crippen molar-refractivity contribution in [3.05, 3.63) is 0 Å². The van der Waals surface area contributed by atoms with Crippen molar-refractivity contribution in [3.8, 4) is 0 Å². The number of hydrogen-bond acceptors (Lipinski definition) is 3. The first-order chi connectivity index (χ1) is 6.92. The molecule has 1 fully saturated rings. The van der Waals surface area contributed by atoms with Crippen molar-refractivity contribution in [2.24, 2.45) is 5.92 Å². The third-order valence-corrected chi connectivity index (χ3v) is 2.95. The van der Waals surface area contributed by atoms with Crippen molar-refractivity contribution in [1.29, 1.82) is 0 Å². The zero-order valence-electron chi connectivity index (χ0n) is 9.40. The van der Waals surface area contributed by atoms with Crippen LogP contribution in [0.1, 0.15) is 39.5 Å². The fourth-order valence-electron chi connectivity index (χ4n) is 1.80. The van der Waals surface area contributed by atoms with Gasteiger partial charge < -0.3 is 14.9 Å². The highest BCUT2D eigenvalue weighted by Crippen LogP contribution is 2.25. The van der Waals surface area contributed by atoms with Crippen LogP contribution in [0.3, 0.4) is 0 Å². The van der Waals surface area contributed by atoms with Crippen LogP contribution >= 0.6 is 0 Å². The molecule has 0 aromatic carbocycles. The molecule has 0 saturated heterocycles. The molecule has 0 heterocycles. The molecule has 0 spiro atoms. The van der Waals surface area contributed by atoms with Gasteiger partial charge in [-0.3, -0.25) is 0 Å². The van der Waals surface area contributed by atoms with Gasteiger partial charge in [-0.1, -0.05) is 6.42 Å². The van der Waals surface area contributed by atoms with Crippen molar-refractivity contribution in [3.63, 3.8) is 0 Å². The molecule has 0 aliphatic heterocycles. The van der Waals surface area contributed by atoms with Gasteiger partial charge in [0.25, 0.3) is 0 Å². The average Bonchev–Trinajstić information content (AvgIpc) is 2.15. The molecule has 0 amide bonds. The number of ether oxygens (including phenoxy) is 1. The Labute approximate surface area is 90.2 Å². The van der Waals surface area contributed by atoms with E-state index in [4.69, 9.17) is 9.84 Å². The van der Waals surface area contributed by atoms with Crippen LogP contribution in [0.25, 0.3) is 0 Å². The summed E-state index contributed by atoms with van der Waals surface area (Å²) in [5.74, 6) is -0.647. The third-order valence-electron chi connectivity index (χ3n) is 2.95. The smallest absolute Gasteiger partial charge is 0.335 e. The molecule has 15 heavy (non-hydrogen) atoms. The van der Waals surface area contributed by atoms with Crippen LogP contribution in [0.4, 0.5) is 0 Å². The lowest BCUT2D eigenvalue weighted by molar-refractivity contribution is -0.163. The van der Waals surface area contributed by atoms with Crippen molar-refractivity contribution in [1.82, 2.24) is 0 Å². The molecule has 0 aromatic rings. The fourth-order valence-corrected chi connectivity index (χ4v) is 1.80. The summed E-state index contributed by atoms with van der Waals surface area (Å²) in [5.41, 5.74) is -1.12. The lowest BCUT2D eigenvalue weighted by atomic mass is 9.88. The minimum Gasteiger partial charge on any atom is -0.479 e. The maximum absolute atomic E-state index is 10.8. The second-order valence-corrected chi connectivity index (χ2v) is 4.81. The lowest BCUT2D eigenvalue weighted by Crippen LogP contribution is -2.37. The van der Waals surface area contributed by atoms with E-state index in [9.17, 15) is 9.90 Å². The van der Waals surface area contributed by atoms with Crippen LogP contribution in [0.2, 0.25) is 0 Å². The number of hydrogen-bond donors (Lipinski definition) is 2. The predicted molar refractivity (Wildman–Crippen MR) is 55.6 cm³/mol. The molecule has 4 heteroatoms. The number of aliphatic carboxylic acids is 1. The zero-order valence-corrected chi connectivity index (χ0v) is 9.40. The highest BCUT2D eigenvalue weighted by atomic mass is 16.5. The van der Waals surface area contributed by atoms with Gasteiger partial charge in [-0.25, -0.2) is 4.79 Å². The normalized spacial score (nSPS) is 27.7. The topological polar surface area (TPSA) is 66.8 Å². The Balaban J connectivity index is 2.33. The molecule has 0 bridgehead atoms. The molecule has 4 nitrogen and oxygen atoms in total. The van der Waals surface area contributed by atoms with Gasteiger partial charge in [0.05, 0.1) is 12.7 Å². The number of aliphatic hydroxyl groups excluding tert-OH is 1. The number of carboxylic acids is 1. The summed E-state index contributed by atoms with van der Waals surface area (Å²) >= 11 is 0. The van der Waals surface area contributed by atoms with Crippen LogP contribution in [-0.2, 0) is 9.53 Å². The Morgan fingerprint density at radius 3 is 2.67 bits per heavy atom. The molecular formula is C11H20O4. The van der Waals surface area contributed by atoms with Crippen molar-refractivity contribution >= 4 is 5.97 Å². The maximum Gasteiger partial charge on any atom is 0.335 e. The molecule has 88 valence electrons. The van der Waals surface area contributed by atoms with Gasteiger partial charge in [0.15, 0.2) is 5.60 Å². The predicted octanol–water partition coefficient (Wildman–Crippen LogP) is 1.42. The standard InChI is InChI=1S/C11H20O4/c1-11(2,10(13)14)15-7-8-4-3-5-9(12)6-8/h8-9,12H,3-7H2,1-2H3,(H,13,14)/t8-,9+/m0/s1. The van der Waals surface area contributed by atoms with Gasteiger partial charge in [0.1, 0.15) is 0 Å². The Morgan fingerprint density at radius 1 is 1.47 bits per heavy atom. The van der Waals surface area contributed by atoms with E-state index in [1.54, 1.807) is 13.8 Å². The van der Waals surface area contributed by atoms with Crippen molar-refractivity contribution in [2.75, 3.05) is 6.61 Å². The Morgan fingerprint density at radius 2 is 2.13 bits per heavy atom. The number of carboxylic acid groups (broad SMARTS) is 1. The van der Waals surface area contributed by atoms with E-state index in [1.807, 2.05) is 0 Å². The van der Waals surface area contributed by atoms with Gasteiger partial charge in [0, 0.05) is 0 Å². The molecule has 1 rings (SSSR count). The minimum atomic E-state index is -1.12. The summed E-state index contributed by atoms with van der Waals surface area (Å²) in [6.07, 6.45) is 3.38. The molecule has 0 unspecified atom stereocenters. The second kappa shape index (κ2) is 4.94. The van der Waals surface area contributed by atoms with Crippen molar-refractivity contribution in [2.45, 2.75) is 51.2 Å². The summed E-state index contributed by atoms with van der Waals surface area (Å²) in [5, 5.41) is 18.3. The summed E-state index contributed by atoms with van der Waals surface area (Å²) in [6, 6.07) is 0. The lowest BCUT2D eigenvalue weighted by Gasteiger charge is -2.28. The molecule has 0 radical (unpaired) electrons. The monoisotopic (exact) mass is 216 g/mol. The van der Waals surface area contributed by atoms with Gasteiger partial charge in [0.2, 0.25) is 0 Å². The van der Waals surface area contributed by atoms with Crippen LogP contribution in [-0.4, -0.2) is 34.5 Å². The summed E-state index contributed by atoms with van der Waals surface area (Å²) in [6.45, 7) is 3.53. The average molecular weight is 216 g/mol. The number of aliphatic hydroxyl groups is 1. The summed E-state index contributed by atoms with van der Waals surface area (Å²) in [4.78, 5) is 10.8. The summed E-state index contributed by atoms with van der Waals surface area (Å²) < 4.78 is 5.37. The first kappa shape index (κ1) is 12.5. The van der Waals surface area contributed by atoms with E-state index >= 15 is 0 Å². The quantitative estimate of drug-likeness (QED) is 0.745. The van der Waals surface area contributed by atoms with Gasteiger partial charge in [-0.15, -0.1) is 0 Å². The van der Waals surface area contributed by atoms with E-state index in [-0.39, 0.29) is 6.10 Å². The zero-order chi connectivity index (χ0) is 11.5. The van der Waals surface area contributed by atoms with Crippen LogP contribution < -0.4 is 0 Å². The fraction of sp³-hybridized carbons (Fsp3) is 0.909. The molecule has 0 aromatic heterocycles. The highest BCUT2D eigenvalue weighted by Gasteiger charge is 2.30. The largest absolute Gasteiger partial charge is 0.479 e. The second-order valence-electron chi connectivity index (χ2n) is 4.81. The van der Waals surface area contributed by atoms with E-state index in [0.717, 1.165) is 25.7 Å². The van der Waals surface area contributed by atoms with Crippen LogP contribution in [0, 0.1) is 5.92 Å². The molecule has 1 aliphatic carbocycles.